The zero-order valence-electron chi connectivity index (χ0n) is 7.68. The van der Waals surface area contributed by atoms with E-state index in [2.05, 4.69) is 13.8 Å². The molecule has 0 aromatic carbocycles. The van der Waals surface area contributed by atoms with Crippen LogP contribution >= 0.6 is 0 Å². The van der Waals surface area contributed by atoms with E-state index in [4.69, 9.17) is 4.74 Å². The molecule has 1 aliphatic heterocycles. The van der Waals surface area contributed by atoms with E-state index in [9.17, 15) is 0 Å². The zero-order chi connectivity index (χ0) is 7.98. The summed E-state index contributed by atoms with van der Waals surface area (Å²) in [5.74, 6) is 0. The van der Waals surface area contributed by atoms with E-state index in [1.165, 1.54) is 19.3 Å². The summed E-state index contributed by atoms with van der Waals surface area (Å²) >= 11 is 0. The van der Waals surface area contributed by atoms with Crippen molar-refractivity contribution in [1.82, 2.24) is 0 Å². The number of hydrogen-bond donors (Lipinski definition) is 0. The fourth-order valence-electron chi connectivity index (χ4n) is 1.19. The van der Waals surface area contributed by atoms with Crippen molar-refractivity contribution in [2.24, 2.45) is 0 Å². The molecule has 10 heavy (non-hydrogen) atoms. The van der Waals surface area contributed by atoms with Crippen molar-refractivity contribution in [2.45, 2.75) is 59.2 Å². The minimum absolute atomic E-state index is 0.528. The molecule has 2 atom stereocenters. The molecule has 0 amide bonds. The van der Waals surface area contributed by atoms with E-state index in [0.717, 1.165) is 0 Å². The van der Waals surface area contributed by atoms with Gasteiger partial charge in [-0.15, -0.1) is 0 Å². The fourth-order valence-corrected chi connectivity index (χ4v) is 1.19. The summed E-state index contributed by atoms with van der Waals surface area (Å²) in [7, 11) is 0. The Morgan fingerprint density at radius 1 is 1.30 bits per heavy atom. The maximum atomic E-state index is 5.51. The molecule has 1 saturated heterocycles. The first-order valence-corrected chi connectivity index (χ1v) is 4.48. The lowest BCUT2D eigenvalue weighted by atomic mass is 10.2. The van der Waals surface area contributed by atoms with Crippen LogP contribution in [0.3, 0.4) is 0 Å². The second-order valence-corrected chi connectivity index (χ2v) is 2.55. The van der Waals surface area contributed by atoms with Crippen LogP contribution < -0.4 is 0 Å². The van der Waals surface area contributed by atoms with Crippen molar-refractivity contribution < 1.29 is 4.74 Å². The second-order valence-electron chi connectivity index (χ2n) is 2.55. The zero-order valence-corrected chi connectivity index (χ0v) is 7.68. The Labute approximate surface area is 64.8 Å². The Morgan fingerprint density at radius 2 is 1.90 bits per heavy atom. The average Bonchev–Trinajstić information content (AvgIpc) is 2.40. The summed E-state index contributed by atoms with van der Waals surface area (Å²) in [6.07, 6.45) is 4.82. The van der Waals surface area contributed by atoms with Crippen LogP contribution in [-0.2, 0) is 4.74 Å². The van der Waals surface area contributed by atoms with Crippen LogP contribution in [0.2, 0.25) is 0 Å². The first-order valence-electron chi connectivity index (χ1n) is 4.48. The van der Waals surface area contributed by atoms with Crippen LogP contribution in [0.25, 0.3) is 0 Å². The predicted octanol–water partition coefficient (Wildman–Crippen LogP) is 2.99. The molecule has 1 heteroatoms. The van der Waals surface area contributed by atoms with Gasteiger partial charge in [-0.05, 0) is 26.2 Å². The molecule has 1 aliphatic rings. The third-order valence-electron chi connectivity index (χ3n) is 1.78. The summed E-state index contributed by atoms with van der Waals surface area (Å²) in [5, 5.41) is 0. The van der Waals surface area contributed by atoms with Crippen LogP contribution in [0.4, 0.5) is 0 Å². The quantitative estimate of drug-likeness (QED) is 0.549. The molecule has 62 valence electrons. The summed E-state index contributed by atoms with van der Waals surface area (Å²) in [6.45, 7) is 8.33. The summed E-state index contributed by atoms with van der Waals surface area (Å²) in [6, 6.07) is 0. The van der Waals surface area contributed by atoms with E-state index < -0.39 is 0 Å². The first kappa shape index (κ1) is 9.96. The van der Waals surface area contributed by atoms with Crippen molar-refractivity contribution in [2.75, 3.05) is 0 Å². The Kier molecular flexibility index (Phi) is 5.70. The number of ether oxygens (including phenoxy) is 1. The van der Waals surface area contributed by atoms with E-state index >= 15 is 0 Å². The van der Waals surface area contributed by atoms with Crippen LogP contribution in [0.15, 0.2) is 0 Å². The molecule has 1 rings (SSSR count). The average molecular weight is 144 g/mol. The Balaban J connectivity index is 0.000000371. The van der Waals surface area contributed by atoms with Gasteiger partial charge in [0.25, 0.3) is 0 Å². The maximum Gasteiger partial charge on any atom is 0.0577 e. The first-order chi connectivity index (χ1) is 4.83. The SMILES string of the molecule is CC.CCC1CCC(C)O1. The molecule has 1 nitrogen and oxygen atoms in total. The number of rotatable bonds is 1. The normalized spacial score (nSPS) is 31.2. The molecule has 0 bridgehead atoms. The molecule has 2 unspecified atom stereocenters. The molecular formula is C9H20O. The van der Waals surface area contributed by atoms with Crippen molar-refractivity contribution in [1.29, 1.82) is 0 Å². The van der Waals surface area contributed by atoms with Gasteiger partial charge >= 0.3 is 0 Å². The maximum absolute atomic E-state index is 5.51. The molecule has 0 radical (unpaired) electrons. The summed E-state index contributed by atoms with van der Waals surface area (Å²) < 4.78 is 5.51. The second kappa shape index (κ2) is 5.72. The molecule has 0 aliphatic carbocycles. The minimum atomic E-state index is 0.528. The highest BCUT2D eigenvalue weighted by Crippen LogP contribution is 2.20. The largest absolute Gasteiger partial charge is 0.375 e. The molecule has 0 saturated carbocycles. The van der Waals surface area contributed by atoms with Gasteiger partial charge in [0, 0.05) is 0 Å². The molecule has 0 spiro atoms. The van der Waals surface area contributed by atoms with Crippen molar-refractivity contribution in [3.63, 3.8) is 0 Å². The highest BCUT2D eigenvalue weighted by molar-refractivity contribution is 4.68. The molecule has 1 fully saturated rings. The van der Waals surface area contributed by atoms with Gasteiger partial charge in [-0.3, -0.25) is 0 Å². The Morgan fingerprint density at radius 3 is 2.10 bits per heavy atom. The van der Waals surface area contributed by atoms with Gasteiger partial charge in [0.05, 0.1) is 12.2 Å². The molecule has 0 aromatic rings. The van der Waals surface area contributed by atoms with Crippen LogP contribution in [0, 0.1) is 0 Å². The van der Waals surface area contributed by atoms with E-state index in [-0.39, 0.29) is 0 Å². The standard InChI is InChI=1S/C7H14O.C2H6/c1-3-7-5-4-6(2)8-7;1-2/h6-7H,3-5H2,1-2H3;1-2H3. The molecule has 0 aromatic heterocycles. The van der Waals surface area contributed by atoms with Gasteiger partial charge < -0.3 is 4.74 Å². The van der Waals surface area contributed by atoms with Gasteiger partial charge in [0.2, 0.25) is 0 Å². The van der Waals surface area contributed by atoms with Gasteiger partial charge in [0.1, 0.15) is 0 Å². The van der Waals surface area contributed by atoms with Gasteiger partial charge in [-0.25, -0.2) is 0 Å². The van der Waals surface area contributed by atoms with Crippen LogP contribution in [-0.4, -0.2) is 12.2 Å². The van der Waals surface area contributed by atoms with Crippen molar-refractivity contribution >= 4 is 0 Å². The highest BCUT2D eigenvalue weighted by atomic mass is 16.5. The van der Waals surface area contributed by atoms with Crippen LogP contribution in [0.1, 0.15) is 47.0 Å². The van der Waals surface area contributed by atoms with Gasteiger partial charge in [0.15, 0.2) is 0 Å². The third kappa shape index (κ3) is 3.21. The lowest BCUT2D eigenvalue weighted by Gasteiger charge is -2.05. The summed E-state index contributed by atoms with van der Waals surface area (Å²) in [5.41, 5.74) is 0. The van der Waals surface area contributed by atoms with E-state index in [1.54, 1.807) is 0 Å². The lowest BCUT2D eigenvalue weighted by molar-refractivity contribution is 0.0540. The highest BCUT2D eigenvalue weighted by Gasteiger charge is 2.18. The third-order valence-corrected chi connectivity index (χ3v) is 1.78. The van der Waals surface area contributed by atoms with E-state index in [1.807, 2.05) is 13.8 Å². The Bertz CT molecular complexity index is 71.1. The predicted molar refractivity (Wildman–Crippen MR) is 45.2 cm³/mol. The topological polar surface area (TPSA) is 9.23 Å². The van der Waals surface area contributed by atoms with Gasteiger partial charge in [-0.1, -0.05) is 20.8 Å². The molecule has 0 N–H and O–H groups in total. The van der Waals surface area contributed by atoms with Gasteiger partial charge in [-0.2, -0.15) is 0 Å². The lowest BCUT2D eigenvalue weighted by Crippen LogP contribution is -2.05. The molecule has 1 heterocycles. The number of hydrogen-bond acceptors (Lipinski definition) is 1. The van der Waals surface area contributed by atoms with Crippen molar-refractivity contribution in [3.8, 4) is 0 Å². The van der Waals surface area contributed by atoms with E-state index in [0.29, 0.717) is 12.2 Å². The monoisotopic (exact) mass is 144 g/mol. The minimum Gasteiger partial charge on any atom is -0.375 e. The summed E-state index contributed by atoms with van der Waals surface area (Å²) in [4.78, 5) is 0. The molecular weight excluding hydrogens is 124 g/mol. The van der Waals surface area contributed by atoms with Crippen LogP contribution in [0.5, 0.6) is 0 Å². The fraction of sp³-hybridized carbons (Fsp3) is 1.00. The smallest absolute Gasteiger partial charge is 0.0577 e. The Hall–Kier alpha value is -0.0400. The van der Waals surface area contributed by atoms with Crippen molar-refractivity contribution in [3.05, 3.63) is 0 Å².